The molecule has 1 aromatic heterocycles. The lowest BCUT2D eigenvalue weighted by molar-refractivity contribution is 0.0118. The lowest BCUT2D eigenvalue weighted by Crippen LogP contribution is -2.19. The zero-order valence-corrected chi connectivity index (χ0v) is 9.10. The Balaban J connectivity index is 2.66. The van der Waals surface area contributed by atoms with Gasteiger partial charge in [-0.25, -0.2) is 4.98 Å². The van der Waals surface area contributed by atoms with Gasteiger partial charge in [0.2, 0.25) is 0 Å². The molecule has 2 N–H and O–H groups in total. The molecule has 3 nitrogen and oxygen atoms in total. The Morgan fingerprint density at radius 2 is 2.31 bits per heavy atom. The van der Waals surface area contributed by atoms with Crippen LogP contribution in [0.4, 0.5) is 0 Å². The number of nitrogens with two attached hydrogens (primary N) is 1. The molecule has 0 spiro atoms. The van der Waals surface area contributed by atoms with Crippen LogP contribution >= 0.6 is 11.3 Å². The van der Waals surface area contributed by atoms with Crippen molar-refractivity contribution >= 4 is 11.3 Å². The van der Waals surface area contributed by atoms with E-state index in [0.29, 0.717) is 6.54 Å². The van der Waals surface area contributed by atoms with Crippen molar-refractivity contribution in [1.82, 2.24) is 4.98 Å². The normalized spacial score (nSPS) is 13.6. The lowest BCUT2D eigenvalue weighted by Gasteiger charge is -2.16. The molecule has 1 unspecified atom stereocenters. The third-order valence-corrected chi connectivity index (χ3v) is 2.62. The Labute approximate surface area is 82.9 Å². The summed E-state index contributed by atoms with van der Waals surface area (Å²) < 4.78 is 5.62. The fourth-order valence-corrected chi connectivity index (χ4v) is 1.91. The molecular formula is C9H16N2OS. The fourth-order valence-electron chi connectivity index (χ4n) is 1.06. The maximum Gasteiger partial charge on any atom is 0.123 e. The van der Waals surface area contributed by atoms with Gasteiger partial charge in [-0.1, -0.05) is 0 Å². The summed E-state index contributed by atoms with van der Waals surface area (Å²) in [5.74, 6) is 0. The van der Waals surface area contributed by atoms with Gasteiger partial charge >= 0.3 is 0 Å². The minimum Gasteiger partial charge on any atom is -0.367 e. The number of ether oxygens (including phenoxy) is 1. The summed E-state index contributed by atoms with van der Waals surface area (Å²) in [5.41, 5.74) is 6.64. The van der Waals surface area contributed by atoms with E-state index >= 15 is 0 Å². The molecule has 0 radical (unpaired) electrons. The molecular weight excluding hydrogens is 184 g/mol. The van der Waals surface area contributed by atoms with Crippen molar-refractivity contribution in [1.29, 1.82) is 0 Å². The van der Waals surface area contributed by atoms with Gasteiger partial charge < -0.3 is 10.5 Å². The third-order valence-electron chi connectivity index (χ3n) is 1.56. The highest BCUT2D eigenvalue weighted by atomic mass is 32.1. The molecule has 0 amide bonds. The van der Waals surface area contributed by atoms with Crippen molar-refractivity contribution in [2.45, 2.75) is 33.0 Å². The summed E-state index contributed by atoms with van der Waals surface area (Å²) in [4.78, 5) is 4.35. The maximum absolute atomic E-state index is 5.62. The van der Waals surface area contributed by atoms with Gasteiger partial charge in [0.1, 0.15) is 11.1 Å². The molecule has 0 aliphatic rings. The molecule has 1 atom stereocenters. The predicted molar refractivity (Wildman–Crippen MR) is 54.9 cm³/mol. The van der Waals surface area contributed by atoms with Gasteiger partial charge in [0.25, 0.3) is 0 Å². The largest absolute Gasteiger partial charge is 0.367 e. The zero-order valence-electron chi connectivity index (χ0n) is 8.28. The third kappa shape index (κ3) is 3.06. The molecule has 0 fully saturated rings. The first kappa shape index (κ1) is 10.6. The van der Waals surface area contributed by atoms with Gasteiger partial charge in [-0.3, -0.25) is 0 Å². The van der Waals surface area contributed by atoms with Crippen LogP contribution in [0.3, 0.4) is 0 Å². The molecule has 0 saturated carbocycles. The van der Waals surface area contributed by atoms with E-state index in [9.17, 15) is 0 Å². The van der Waals surface area contributed by atoms with E-state index < -0.39 is 0 Å². The minimum absolute atomic E-state index is 0.0429. The molecule has 1 heterocycles. The van der Waals surface area contributed by atoms with Crippen molar-refractivity contribution in [2.24, 2.45) is 5.73 Å². The Morgan fingerprint density at radius 1 is 1.62 bits per heavy atom. The zero-order chi connectivity index (χ0) is 9.84. The van der Waals surface area contributed by atoms with Crippen molar-refractivity contribution in [2.75, 3.05) is 6.54 Å². The highest BCUT2D eigenvalue weighted by Gasteiger charge is 2.14. The molecule has 0 aromatic carbocycles. The molecule has 0 aliphatic heterocycles. The number of aryl methyl sites for hydroxylation is 1. The number of rotatable bonds is 4. The van der Waals surface area contributed by atoms with Crippen LogP contribution in [0.25, 0.3) is 0 Å². The number of aromatic nitrogens is 1. The van der Waals surface area contributed by atoms with E-state index in [1.807, 2.05) is 26.2 Å². The average Bonchev–Trinajstić information content (AvgIpc) is 2.47. The van der Waals surface area contributed by atoms with Gasteiger partial charge in [-0.05, 0) is 20.8 Å². The van der Waals surface area contributed by atoms with Gasteiger partial charge in [-0.15, -0.1) is 11.3 Å². The van der Waals surface area contributed by atoms with Crippen LogP contribution in [-0.2, 0) is 4.74 Å². The highest BCUT2D eigenvalue weighted by Crippen LogP contribution is 2.21. The van der Waals surface area contributed by atoms with Crippen LogP contribution < -0.4 is 5.73 Å². The minimum atomic E-state index is -0.0429. The molecule has 13 heavy (non-hydrogen) atoms. The van der Waals surface area contributed by atoms with Crippen molar-refractivity contribution in [3.63, 3.8) is 0 Å². The summed E-state index contributed by atoms with van der Waals surface area (Å²) in [6, 6.07) is 0. The van der Waals surface area contributed by atoms with E-state index in [0.717, 1.165) is 10.7 Å². The first-order valence-corrected chi connectivity index (χ1v) is 5.29. The topological polar surface area (TPSA) is 48.1 Å². The SMILES string of the molecule is Cc1csc(C(CN)OC(C)C)n1. The first-order valence-electron chi connectivity index (χ1n) is 4.41. The fraction of sp³-hybridized carbons (Fsp3) is 0.667. The molecule has 1 rings (SSSR count). The maximum atomic E-state index is 5.62. The Bertz CT molecular complexity index is 260. The molecule has 74 valence electrons. The van der Waals surface area contributed by atoms with E-state index in [2.05, 4.69) is 4.98 Å². The van der Waals surface area contributed by atoms with E-state index in [4.69, 9.17) is 10.5 Å². The number of hydrogen-bond donors (Lipinski definition) is 1. The number of nitrogens with zero attached hydrogens (tertiary/aromatic N) is 1. The van der Waals surface area contributed by atoms with E-state index in [-0.39, 0.29) is 12.2 Å². The highest BCUT2D eigenvalue weighted by molar-refractivity contribution is 7.09. The van der Waals surface area contributed by atoms with E-state index in [1.165, 1.54) is 0 Å². The summed E-state index contributed by atoms with van der Waals surface area (Å²) in [6.45, 7) is 6.47. The van der Waals surface area contributed by atoms with Gasteiger partial charge in [0, 0.05) is 17.6 Å². The summed E-state index contributed by atoms with van der Waals surface area (Å²) in [6.07, 6.45) is 0.149. The number of thiazole rings is 1. The molecule has 0 bridgehead atoms. The van der Waals surface area contributed by atoms with Gasteiger partial charge in [-0.2, -0.15) is 0 Å². The second-order valence-electron chi connectivity index (χ2n) is 3.24. The molecule has 0 saturated heterocycles. The van der Waals surface area contributed by atoms with Crippen LogP contribution in [0.5, 0.6) is 0 Å². The van der Waals surface area contributed by atoms with E-state index in [1.54, 1.807) is 11.3 Å². The van der Waals surface area contributed by atoms with Crippen molar-refractivity contribution in [3.8, 4) is 0 Å². The summed E-state index contributed by atoms with van der Waals surface area (Å²) in [5, 5.41) is 3.00. The second kappa shape index (κ2) is 4.69. The first-order chi connectivity index (χ1) is 6.13. The quantitative estimate of drug-likeness (QED) is 0.807. The summed E-state index contributed by atoms with van der Waals surface area (Å²) in [7, 11) is 0. The predicted octanol–water partition coefficient (Wildman–Crippen LogP) is 1.88. The van der Waals surface area contributed by atoms with Crippen molar-refractivity contribution in [3.05, 3.63) is 16.1 Å². The number of hydrogen-bond acceptors (Lipinski definition) is 4. The second-order valence-corrected chi connectivity index (χ2v) is 4.13. The summed E-state index contributed by atoms with van der Waals surface area (Å²) >= 11 is 1.61. The van der Waals surface area contributed by atoms with Crippen LogP contribution in [0.2, 0.25) is 0 Å². The average molecular weight is 200 g/mol. The van der Waals surface area contributed by atoms with Gasteiger partial charge in [0.05, 0.1) is 6.10 Å². The lowest BCUT2D eigenvalue weighted by atomic mass is 10.3. The molecule has 4 heteroatoms. The standard InChI is InChI=1S/C9H16N2OS/c1-6(2)12-8(4-10)9-11-7(3)5-13-9/h5-6,8H,4,10H2,1-3H3. The smallest absolute Gasteiger partial charge is 0.123 e. The monoisotopic (exact) mass is 200 g/mol. The van der Waals surface area contributed by atoms with Crippen LogP contribution in [0.15, 0.2) is 5.38 Å². The van der Waals surface area contributed by atoms with Crippen LogP contribution in [0.1, 0.15) is 30.7 Å². The van der Waals surface area contributed by atoms with Gasteiger partial charge in [0.15, 0.2) is 0 Å². The molecule has 0 aliphatic carbocycles. The Hall–Kier alpha value is -0.450. The van der Waals surface area contributed by atoms with Crippen LogP contribution in [-0.4, -0.2) is 17.6 Å². The van der Waals surface area contributed by atoms with Crippen LogP contribution in [0, 0.1) is 6.92 Å². The Morgan fingerprint density at radius 3 is 2.69 bits per heavy atom. The molecule has 1 aromatic rings. The van der Waals surface area contributed by atoms with Crippen molar-refractivity contribution < 1.29 is 4.74 Å². The Kier molecular flexibility index (Phi) is 3.84.